The molecule has 0 saturated heterocycles. The van der Waals surface area contributed by atoms with E-state index in [0.29, 0.717) is 17.4 Å². The highest BCUT2D eigenvalue weighted by Gasteiger charge is 2.22. The van der Waals surface area contributed by atoms with E-state index in [2.05, 4.69) is 172 Å². The third-order valence-corrected chi connectivity index (χ3v) is 15.8. The van der Waals surface area contributed by atoms with Gasteiger partial charge < -0.3 is 33.3 Å². The third-order valence-electron chi connectivity index (χ3n) is 15.8. The smallest absolute Gasteiger partial charge is 0.306 e. The van der Waals surface area contributed by atoms with Gasteiger partial charge in [-0.3, -0.25) is 9.59 Å². The minimum absolute atomic E-state index is 0.132. The highest BCUT2D eigenvalue weighted by Crippen LogP contribution is 2.17. The van der Waals surface area contributed by atoms with Crippen molar-refractivity contribution in [2.75, 3.05) is 47.5 Å². The molecular formula is C84H139NO8. The lowest BCUT2D eigenvalue weighted by molar-refractivity contribution is -0.870. The Bertz CT molecular complexity index is 2090. The Labute approximate surface area is 572 Å². The zero-order chi connectivity index (χ0) is 67.5. The molecule has 528 valence electrons. The first kappa shape index (κ1) is 87.9. The van der Waals surface area contributed by atoms with Crippen molar-refractivity contribution in [3.05, 3.63) is 158 Å². The Morgan fingerprint density at radius 2 is 0.613 bits per heavy atom. The van der Waals surface area contributed by atoms with E-state index in [1.54, 1.807) is 0 Å². The van der Waals surface area contributed by atoms with Gasteiger partial charge in [0.05, 0.1) is 40.3 Å². The summed E-state index contributed by atoms with van der Waals surface area (Å²) >= 11 is 0. The average molecular weight is 1290 g/mol. The van der Waals surface area contributed by atoms with Crippen molar-refractivity contribution >= 4 is 17.9 Å². The van der Waals surface area contributed by atoms with Crippen molar-refractivity contribution in [2.45, 2.75) is 309 Å². The molecule has 9 nitrogen and oxygen atoms in total. The third kappa shape index (κ3) is 74.2. The van der Waals surface area contributed by atoms with Crippen LogP contribution < -0.4 is 5.11 Å². The molecule has 0 aromatic heterocycles. The monoisotopic (exact) mass is 1290 g/mol. The van der Waals surface area contributed by atoms with Gasteiger partial charge in [-0.2, -0.15) is 0 Å². The maximum absolute atomic E-state index is 12.9. The van der Waals surface area contributed by atoms with E-state index in [4.69, 9.17) is 18.9 Å². The highest BCUT2D eigenvalue weighted by atomic mass is 16.7. The lowest BCUT2D eigenvalue weighted by Gasteiger charge is -2.26. The number of ether oxygens (including phenoxy) is 4. The predicted molar refractivity (Wildman–Crippen MR) is 398 cm³/mol. The number of carbonyl (C=O) groups excluding carboxylic acids is 3. The number of rotatable bonds is 68. The second-order valence-corrected chi connectivity index (χ2v) is 25.9. The number of carboxylic acids is 1. The van der Waals surface area contributed by atoms with E-state index in [-0.39, 0.29) is 38.6 Å². The van der Waals surface area contributed by atoms with Crippen LogP contribution in [0, 0.1) is 0 Å². The summed E-state index contributed by atoms with van der Waals surface area (Å²) in [6.07, 6.45) is 105. The van der Waals surface area contributed by atoms with E-state index in [1.165, 1.54) is 154 Å². The number of unbranched alkanes of at least 4 members (excludes halogenated alkanes) is 27. The van der Waals surface area contributed by atoms with Gasteiger partial charge in [0.25, 0.3) is 0 Å². The first-order valence-corrected chi connectivity index (χ1v) is 37.6. The molecule has 93 heavy (non-hydrogen) atoms. The quantitative estimate of drug-likeness (QED) is 0.0195. The number of hydrogen-bond donors (Lipinski definition) is 0. The minimum Gasteiger partial charge on any atom is -0.545 e. The number of hydrogen-bond acceptors (Lipinski definition) is 8. The van der Waals surface area contributed by atoms with Crippen molar-refractivity contribution in [1.29, 1.82) is 0 Å². The number of likely N-dealkylation sites (N-methyl/N-ethyl adjacent to an activating group) is 1. The molecule has 0 N–H and O–H groups in total. The van der Waals surface area contributed by atoms with Gasteiger partial charge in [0.15, 0.2) is 12.4 Å². The molecule has 0 rings (SSSR count). The topological polar surface area (TPSA) is 111 Å². The summed E-state index contributed by atoms with van der Waals surface area (Å²) in [6, 6.07) is 0. The highest BCUT2D eigenvalue weighted by molar-refractivity contribution is 5.70. The van der Waals surface area contributed by atoms with Crippen LogP contribution in [-0.4, -0.2) is 82.3 Å². The van der Waals surface area contributed by atoms with Crippen molar-refractivity contribution in [3.8, 4) is 0 Å². The van der Waals surface area contributed by atoms with Crippen molar-refractivity contribution in [3.63, 3.8) is 0 Å². The standard InChI is InChI=1S/C84H139NO8/c1-6-8-10-12-14-16-18-20-22-24-26-28-30-32-34-36-37-38-39-40-41-42-43-44-45-47-49-51-53-55-57-59-61-63-65-67-69-71-73-75-82(87)93-80(79-92-84(83(88)89)90-77-76-85(3,4)5)78-91-81(86)74-72-70-68-66-64-62-60-58-56-54-52-50-48-46-35-33-31-29-27-25-23-21-19-17-15-13-11-9-7-2/h8,10,14,16,20,22,25-28,32,34,37-38,40-41,43-44,47,49,53,55,59,61,65,67,80,84H,6-7,9,11-13,15,17-19,21,23-24,29-31,33,35-36,39,42,45-46,48,50-52,54,56-58,60,62-64,66,68-79H2,1-5H3/b10-8-,16-14-,22-20-,27-25-,28-26-,34-32-,38-37-,41-40-,44-43-,49-47-,55-53-,61-59-,67-65-. The molecule has 0 aliphatic rings. The summed E-state index contributed by atoms with van der Waals surface area (Å²) in [5.74, 6) is -2.35. The van der Waals surface area contributed by atoms with Gasteiger partial charge in [-0.25, -0.2) is 0 Å². The molecule has 9 heteroatoms. The van der Waals surface area contributed by atoms with Crippen LogP contribution in [0.5, 0.6) is 0 Å². The first-order valence-electron chi connectivity index (χ1n) is 37.6. The van der Waals surface area contributed by atoms with E-state index < -0.39 is 24.3 Å². The van der Waals surface area contributed by atoms with E-state index in [9.17, 15) is 19.5 Å². The molecule has 0 fully saturated rings. The molecule has 2 unspecified atom stereocenters. The second-order valence-electron chi connectivity index (χ2n) is 25.9. The molecule has 0 saturated carbocycles. The molecule has 0 amide bonds. The Morgan fingerprint density at radius 3 is 0.946 bits per heavy atom. The molecule has 0 aliphatic heterocycles. The van der Waals surface area contributed by atoms with Crippen LogP contribution in [0.25, 0.3) is 0 Å². The van der Waals surface area contributed by atoms with Crippen LogP contribution in [0.1, 0.15) is 296 Å². The maximum atomic E-state index is 12.9. The second kappa shape index (κ2) is 72.7. The van der Waals surface area contributed by atoms with Gasteiger partial charge >= 0.3 is 11.9 Å². The van der Waals surface area contributed by atoms with Crippen LogP contribution in [0.4, 0.5) is 0 Å². The van der Waals surface area contributed by atoms with Gasteiger partial charge in [-0.05, 0) is 128 Å². The molecule has 0 aliphatic carbocycles. The fourth-order valence-electron chi connectivity index (χ4n) is 10.0. The molecular weight excluding hydrogens is 1150 g/mol. The molecule has 0 radical (unpaired) electrons. The Balaban J connectivity index is 4.22. The molecule has 2 atom stereocenters. The number of esters is 2. The summed E-state index contributed by atoms with van der Waals surface area (Å²) in [5, 5.41) is 11.8. The molecule has 0 bridgehead atoms. The average Bonchev–Trinajstić information content (AvgIpc) is 3.38. The van der Waals surface area contributed by atoms with Crippen LogP contribution in [0.3, 0.4) is 0 Å². The summed E-state index contributed by atoms with van der Waals surface area (Å²) in [5.41, 5.74) is 0. The minimum atomic E-state index is -1.64. The summed E-state index contributed by atoms with van der Waals surface area (Å²) in [7, 11) is 5.91. The van der Waals surface area contributed by atoms with Crippen LogP contribution in [0.15, 0.2) is 158 Å². The Kier molecular flexibility index (Phi) is 68.8. The summed E-state index contributed by atoms with van der Waals surface area (Å²) < 4.78 is 22.8. The van der Waals surface area contributed by atoms with Gasteiger partial charge in [-0.1, -0.05) is 313 Å². The Morgan fingerprint density at radius 1 is 0.333 bits per heavy atom. The summed E-state index contributed by atoms with van der Waals surface area (Å²) in [6.45, 7) is 4.59. The van der Waals surface area contributed by atoms with Crippen molar-refractivity contribution in [1.82, 2.24) is 0 Å². The lowest BCUT2D eigenvalue weighted by Crippen LogP contribution is -2.44. The number of nitrogens with zero attached hydrogens (tertiary/aromatic N) is 1. The fraction of sp³-hybridized carbons (Fsp3) is 0.655. The SMILES string of the molecule is CC/C=C\C/C=C\C/C=C\C/C=C\C/C=C\C/C=C\C/C=C\C/C=C\C/C=C\C/C=C\C/C=C\C/C=C\CCCCC(=O)OC(COC(=O)CCCCCCCCCCCCCCCCCCC/C=C\CCCCCCCCCC)COC(OCC[N+](C)(C)C)C(=O)[O-]. The largest absolute Gasteiger partial charge is 0.545 e. The van der Waals surface area contributed by atoms with Gasteiger partial charge in [0.2, 0.25) is 0 Å². The van der Waals surface area contributed by atoms with Crippen molar-refractivity contribution < 1.29 is 42.9 Å². The van der Waals surface area contributed by atoms with Crippen LogP contribution >= 0.6 is 0 Å². The van der Waals surface area contributed by atoms with Crippen LogP contribution in [0.2, 0.25) is 0 Å². The van der Waals surface area contributed by atoms with Gasteiger partial charge in [0, 0.05) is 12.8 Å². The number of aliphatic carboxylic acids is 1. The zero-order valence-corrected chi connectivity index (χ0v) is 60.3. The Hall–Kier alpha value is -5.09. The fourth-order valence-corrected chi connectivity index (χ4v) is 10.0. The lowest BCUT2D eigenvalue weighted by atomic mass is 10.0. The number of allylic oxidation sites excluding steroid dienone is 26. The number of carbonyl (C=O) groups is 3. The number of quaternary nitrogens is 1. The maximum Gasteiger partial charge on any atom is 0.306 e. The molecule has 0 aromatic carbocycles. The van der Waals surface area contributed by atoms with Crippen molar-refractivity contribution in [2.24, 2.45) is 0 Å². The zero-order valence-electron chi connectivity index (χ0n) is 60.3. The normalized spacial score (nSPS) is 13.6. The number of carboxylic acid groups (broad SMARTS) is 1. The molecule has 0 aromatic rings. The molecule has 0 heterocycles. The predicted octanol–water partition coefficient (Wildman–Crippen LogP) is 22.7. The van der Waals surface area contributed by atoms with E-state index in [0.717, 1.165) is 109 Å². The van der Waals surface area contributed by atoms with E-state index in [1.807, 2.05) is 21.1 Å². The molecule has 0 spiro atoms. The van der Waals surface area contributed by atoms with Gasteiger partial charge in [0.1, 0.15) is 13.2 Å². The first-order chi connectivity index (χ1) is 45.6. The van der Waals surface area contributed by atoms with Gasteiger partial charge in [-0.15, -0.1) is 0 Å². The van der Waals surface area contributed by atoms with Crippen LogP contribution in [-0.2, 0) is 33.3 Å². The summed E-state index contributed by atoms with van der Waals surface area (Å²) in [4.78, 5) is 37.5. The van der Waals surface area contributed by atoms with E-state index >= 15 is 0 Å².